The van der Waals surface area contributed by atoms with Gasteiger partial charge in [0.25, 0.3) is 10.0 Å². The van der Waals surface area contributed by atoms with Gasteiger partial charge in [-0.25, -0.2) is 17.5 Å². The number of sulfonamides is 1. The number of nitrogens with one attached hydrogen (secondary N) is 1. The molecule has 4 aromatic rings. The second-order valence-corrected chi connectivity index (χ2v) is 10.1. The molecule has 0 atom stereocenters. The lowest BCUT2D eigenvalue weighted by atomic mass is 10.1. The first-order valence-corrected chi connectivity index (χ1v) is 13.3. The van der Waals surface area contributed by atoms with E-state index in [4.69, 9.17) is 13.9 Å². The Morgan fingerprint density at radius 3 is 2.43 bits per heavy atom. The number of furan rings is 1. The molecule has 8 nitrogen and oxygen atoms in total. The van der Waals surface area contributed by atoms with E-state index in [1.54, 1.807) is 19.1 Å². The molecule has 0 bridgehead atoms. The van der Waals surface area contributed by atoms with Crippen LogP contribution in [0.25, 0.3) is 11.0 Å². The Balaban J connectivity index is 1.43. The summed E-state index contributed by atoms with van der Waals surface area (Å²) < 4.78 is 60.4. The zero-order chi connectivity index (χ0) is 26.0. The topological polar surface area (TPSA) is 98.1 Å². The maximum Gasteiger partial charge on any atom is 0.300 e. The highest BCUT2D eigenvalue weighted by Crippen LogP contribution is 2.35. The number of nitrogens with zero attached hydrogens (tertiary/aromatic N) is 1. The highest BCUT2D eigenvalue weighted by molar-refractivity contribution is 7.90. The Labute approximate surface area is 213 Å². The molecule has 0 radical (unpaired) electrons. The van der Waals surface area contributed by atoms with Gasteiger partial charge in [0.15, 0.2) is 10.7 Å². The van der Waals surface area contributed by atoms with Crippen molar-refractivity contribution in [3.63, 3.8) is 0 Å². The lowest BCUT2D eigenvalue weighted by Gasteiger charge is -2.33. The molecule has 192 valence electrons. The van der Waals surface area contributed by atoms with E-state index < -0.39 is 21.7 Å². The fraction of sp³-hybridized carbons (Fsp3) is 0.222. The molecule has 2 heterocycles. The number of benzene rings is 3. The monoisotopic (exact) mass is 524 g/mol. The van der Waals surface area contributed by atoms with Gasteiger partial charge in [-0.1, -0.05) is 36.4 Å². The quantitative estimate of drug-likeness (QED) is 0.333. The summed E-state index contributed by atoms with van der Waals surface area (Å²) in [5, 5.41) is 0.0911. The van der Waals surface area contributed by atoms with Crippen molar-refractivity contribution in [2.45, 2.75) is 24.8 Å². The van der Waals surface area contributed by atoms with Gasteiger partial charge >= 0.3 is 5.91 Å². The second kappa shape index (κ2) is 10.1. The van der Waals surface area contributed by atoms with Gasteiger partial charge < -0.3 is 18.8 Å². The van der Waals surface area contributed by atoms with Crippen LogP contribution in [0.5, 0.6) is 11.5 Å². The average molecular weight is 525 g/mol. The van der Waals surface area contributed by atoms with E-state index in [1.807, 2.05) is 40.0 Å². The Morgan fingerprint density at radius 1 is 1.03 bits per heavy atom. The van der Waals surface area contributed by atoms with Crippen molar-refractivity contribution in [3.8, 4) is 11.5 Å². The summed E-state index contributed by atoms with van der Waals surface area (Å²) in [6.07, 6.45) is 1.02. The van der Waals surface area contributed by atoms with Crippen LogP contribution in [-0.4, -0.2) is 34.0 Å². The Hall–Kier alpha value is -4.05. The van der Waals surface area contributed by atoms with E-state index in [0.717, 1.165) is 25.1 Å². The van der Waals surface area contributed by atoms with Gasteiger partial charge in [0.2, 0.25) is 0 Å². The number of hydrogen-bond acceptors (Lipinski definition) is 7. The molecule has 0 aliphatic carbocycles. The minimum atomic E-state index is -4.47. The molecule has 1 aliphatic heterocycles. The summed E-state index contributed by atoms with van der Waals surface area (Å²) >= 11 is 0. The molecule has 1 amide bonds. The standard InChI is InChI=1S/C27H25FN2O6S/c1-2-34-22-10-6-11-23(35-17-18-8-4-3-5-9-18)26(22)37(32,33)29-27(31)25-16-20-21(28)14-19(15-24(20)36-25)30-12-7-13-30/h3-6,8-11,14-16H,2,7,12-13,17H2,1H3,(H,29,31). The predicted octanol–water partition coefficient (Wildman–Crippen LogP) is 4.88. The number of anilines is 1. The van der Waals surface area contributed by atoms with Gasteiger partial charge in [0, 0.05) is 30.9 Å². The Kier molecular flexibility index (Phi) is 6.75. The summed E-state index contributed by atoms with van der Waals surface area (Å²) in [5.74, 6) is -1.88. The number of amides is 1. The molecule has 10 heteroatoms. The number of carbonyl (C=O) groups is 1. The molecule has 0 unspecified atom stereocenters. The Morgan fingerprint density at radius 2 is 1.76 bits per heavy atom. The van der Waals surface area contributed by atoms with Crippen LogP contribution in [0, 0.1) is 5.82 Å². The molecule has 1 N–H and O–H groups in total. The largest absolute Gasteiger partial charge is 0.492 e. The molecule has 37 heavy (non-hydrogen) atoms. The van der Waals surface area contributed by atoms with E-state index in [9.17, 15) is 17.6 Å². The minimum Gasteiger partial charge on any atom is -0.492 e. The van der Waals surface area contributed by atoms with E-state index in [2.05, 4.69) is 0 Å². The lowest BCUT2D eigenvalue weighted by molar-refractivity contribution is 0.0956. The summed E-state index contributed by atoms with van der Waals surface area (Å²) in [6.45, 7) is 3.63. The second-order valence-electron chi connectivity index (χ2n) is 8.52. The molecular weight excluding hydrogens is 499 g/mol. The number of ether oxygens (including phenoxy) is 2. The SMILES string of the molecule is CCOc1cccc(OCc2ccccc2)c1S(=O)(=O)NC(=O)c1cc2c(F)cc(N3CCC3)cc2o1. The molecule has 5 rings (SSSR count). The van der Waals surface area contributed by atoms with Crippen LogP contribution >= 0.6 is 0 Å². The molecule has 0 spiro atoms. The molecule has 3 aromatic carbocycles. The highest BCUT2D eigenvalue weighted by Gasteiger charge is 2.29. The van der Waals surface area contributed by atoms with Crippen molar-refractivity contribution in [2.75, 3.05) is 24.6 Å². The number of fused-ring (bicyclic) bond motifs is 1. The van der Waals surface area contributed by atoms with Crippen molar-refractivity contribution < 1.29 is 31.5 Å². The van der Waals surface area contributed by atoms with Gasteiger partial charge in [0.1, 0.15) is 29.5 Å². The zero-order valence-electron chi connectivity index (χ0n) is 20.1. The first-order chi connectivity index (χ1) is 17.9. The first kappa shape index (κ1) is 24.6. The molecule has 1 fully saturated rings. The van der Waals surface area contributed by atoms with E-state index in [-0.39, 0.29) is 46.3 Å². The van der Waals surface area contributed by atoms with Crippen molar-refractivity contribution in [2.24, 2.45) is 0 Å². The van der Waals surface area contributed by atoms with Crippen LogP contribution in [0.4, 0.5) is 10.1 Å². The predicted molar refractivity (Wildman–Crippen MR) is 136 cm³/mol. The van der Waals surface area contributed by atoms with Crippen LogP contribution in [0.1, 0.15) is 29.5 Å². The molecule has 1 aromatic heterocycles. The number of carbonyl (C=O) groups excluding carboxylic acids is 1. The summed E-state index contributed by atoms with van der Waals surface area (Å²) in [6, 6.07) is 18.0. The number of rotatable bonds is 9. The fourth-order valence-electron chi connectivity index (χ4n) is 4.05. The van der Waals surface area contributed by atoms with E-state index in [0.29, 0.717) is 5.69 Å². The summed E-state index contributed by atoms with van der Waals surface area (Å²) in [4.78, 5) is 14.6. The van der Waals surface area contributed by atoms with Gasteiger partial charge in [-0.2, -0.15) is 0 Å². The lowest BCUT2D eigenvalue weighted by Crippen LogP contribution is -2.36. The molecular formula is C27H25FN2O6S. The maximum absolute atomic E-state index is 14.7. The van der Waals surface area contributed by atoms with Crippen LogP contribution in [0.3, 0.4) is 0 Å². The summed E-state index contributed by atoms with van der Waals surface area (Å²) in [7, 11) is -4.47. The van der Waals surface area contributed by atoms with Crippen LogP contribution in [-0.2, 0) is 16.6 Å². The van der Waals surface area contributed by atoms with Crippen LogP contribution in [0.2, 0.25) is 0 Å². The number of halogens is 1. The normalized spacial score (nSPS) is 13.3. The molecule has 1 saturated heterocycles. The average Bonchev–Trinajstić information content (AvgIpc) is 3.27. The molecule has 1 aliphatic rings. The van der Waals surface area contributed by atoms with Gasteiger partial charge in [0.05, 0.1) is 12.0 Å². The fourth-order valence-corrected chi connectivity index (χ4v) is 5.28. The first-order valence-electron chi connectivity index (χ1n) is 11.8. The van der Waals surface area contributed by atoms with Gasteiger partial charge in [-0.3, -0.25) is 4.79 Å². The highest BCUT2D eigenvalue weighted by atomic mass is 32.2. The molecule has 0 saturated carbocycles. The van der Waals surface area contributed by atoms with Crippen molar-refractivity contribution in [3.05, 3.63) is 83.9 Å². The van der Waals surface area contributed by atoms with E-state index >= 15 is 0 Å². The maximum atomic E-state index is 14.7. The summed E-state index contributed by atoms with van der Waals surface area (Å²) in [5.41, 5.74) is 1.64. The van der Waals surface area contributed by atoms with Crippen molar-refractivity contribution in [1.29, 1.82) is 0 Å². The minimum absolute atomic E-state index is 0.0185. The van der Waals surface area contributed by atoms with Gasteiger partial charge in [-0.15, -0.1) is 0 Å². The van der Waals surface area contributed by atoms with Crippen molar-refractivity contribution in [1.82, 2.24) is 4.72 Å². The van der Waals surface area contributed by atoms with Crippen LogP contribution < -0.4 is 19.1 Å². The Bertz CT molecular complexity index is 1550. The van der Waals surface area contributed by atoms with Gasteiger partial charge in [-0.05, 0) is 37.1 Å². The third kappa shape index (κ3) is 5.10. The third-order valence-corrected chi connectivity index (χ3v) is 7.39. The van der Waals surface area contributed by atoms with Crippen LogP contribution in [0.15, 0.2) is 76.0 Å². The van der Waals surface area contributed by atoms with Crippen molar-refractivity contribution >= 4 is 32.6 Å². The zero-order valence-corrected chi connectivity index (χ0v) is 20.9. The third-order valence-electron chi connectivity index (χ3n) is 5.99. The smallest absolute Gasteiger partial charge is 0.300 e. The number of hydrogen-bond donors (Lipinski definition) is 1. The van der Waals surface area contributed by atoms with E-state index in [1.165, 1.54) is 24.3 Å².